The zero-order valence-electron chi connectivity index (χ0n) is 11.4. The van der Waals surface area contributed by atoms with E-state index in [9.17, 15) is 13.9 Å². The van der Waals surface area contributed by atoms with Crippen molar-refractivity contribution in [1.82, 2.24) is 5.32 Å². The van der Waals surface area contributed by atoms with Gasteiger partial charge in [-0.2, -0.15) is 8.78 Å². The molecule has 1 aliphatic rings. The largest absolute Gasteiger partial charge is 0.464 e. The summed E-state index contributed by atoms with van der Waals surface area (Å²) in [6, 6.07) is 3.89. The van der Waals surface area contributed by atoms with Crippen molar-refractivity contribution in [2.24, 2.45) is 5.92 Å². The molecule has 2 atom stereocenters. The molecule has 0 amide bonds. The maximum atomic E-state index is 12.1. The van der Waals surface area contributed by atoms with Crippen LogP contribution in [-0.2, 0) is 12.3 Å². The van der Waals surface area contributed by atoms with E-state index >= 15 is 0 Å². The van der Waals surface area contributed by atoms with Gasteiger partial charge in [0.05, 0.1) is 12.3 Å². The summed E-state index contributed by atoms with van der Waals surface area (Å²) < 4.78 is 29.7. The van der Waals surface area contributed by atoms with Gasteiger partial charge in [0.25, 0.3) is 5.76 Å². The molecule has 6 heteroatoms. The summed E-state index contributed by atoms with van der Waals surface area (Å²) in [5.41, 5.74) is 0. The molecule has 0 bridgehead atoms. The van der Waals surface area contributed by atoms with Gasteiger partial charge in [0.15, 0.2) is 0 Å². The van der Waals surface area contributed by atoms with Gasteiger partial charge in [-0.05, 0) is 30.9 Å². The first-order valence-corrected chi connectivity index (χ1v) is 8.05. The quantitative estimate of drug-likeness (QED) is 0.810. The Morgan fingerprint density at radius 1 is 1.30 bits per heavy atom. The standard InChI is InChI=1S/C14H21F2NO2S/c15-14(16)20-9-12-6-5-11(19-12)7-17-13-4-2-1-3-10(13)8-18/h5-6,10,13-14,17-18H,1-4,7-9H2. The van der Waals surface area contributed by atoms with E-state index in [2.05, 4.69) is 5.32 Å². The van der Waals surface area contributed by atoms with E-state index in [1.165, 1.54) is 12.8 Å². The number of aliphatic hydroxyl groups excluding tert-OH is 1. The average Bonchev–Trinajstić information content (AvgIpc) is 2.91. The van der Waals surface area contributed by atoms with Crippen LogP contribution in [0, 0.1) is 5.92 Å². The van der Waals surface area contributed by atoms with Crippen LogP contribution in [0.3, 0.4) is 0 Å². The molecule has 0 aliphatic heterocycles. The lowest BCUT2D eigenvalue weighted by atomic mass is 9.85. The Bertz CT molecular complexity index is 400. The van der Waals surface area contributed by atoms with Gasteiger partial charge in [0, 0.05) is 12.6 Å². The van der Waals surface area contributed by atoms with Crippen molar-refractivity contribution in [3.05, 3.63) is 23.7 Å². The summed E-state index contributed by atoms with van der Waals surface area (Å²) >= 11 is 0.567. The molecule has 2 N–H and O–H groups in total. The second-order valence-corrected chi connectivity index (χ2v) is 6.13. The summed E-state index contributed by atoms with van der Waals surface area (Å²) in [6.45, 7) is 0.798. The lowest BCUT2D eigenvalue weighted by Gasteiger charge is -2.30. The van der Waals surface area contributed by atoms with E-state index in [1.807, 2.05) is 6.07 Å². The van der Waals surface area contributed by atoms with E-state index in [0.29, 0.717) is 36.0 Å². The third-order valence-electron chi connectivity index (χ3n) is 3.75. The molecule has 1 aromatic heterocycles. The molecule has 0 radical (unpaired) electrons. The minimum absolute atomic E-state index is 0.195. The Hall–Kier alpha value is -0.590. The number of alkyl halides is 2. The van der Waals surface area contributed by atoms with Gasteiger partial charge < -0.3 is 14.8 Å². The first-order valence-electron chi connectivity index (χ1n) is 7.00. The molecule has 1 saturated carbocycles. The van der Waals surface area contributed by atoms with Gasteiger partial charge in [0.1, 0.15) is 11.5 Å². The topological polar surface area (TPSA) is 45.4 Å². The van der Waals surface area contributed by atoms with Crippen molar-refractivity contribution < 1.29 is 18.3 Å². The Morgan fingerprint density at radius 2 is 2.05 bits per heavy atom. The summed E-state index contributed by atoms with van der Waals surface area (Å²) in [6.07, 6.45) is 4.49. The molecule has 2 rings (SSSR count). The van der Waals surface area contributed by atoms with Crippen molar-refractivity contribution in [2.75, 3.05) is 6.61 Å². The molecule has 0 spiro atoms. The molecular weight excluding hydrogens is 284 g/mol. The predicted octanol–water partition coefficient (Wildman–Crippen LogP) is 3.38. The zero-order chi connectivity index (χ0) is 14.4. The minimum atomic E-state index is -2.37. The van der Waals surface area contributed by atoms with Crippen LogP contribution < -0.4 is 5.32 Å². The number of furan rings is 1. The van der Waals surface area contributed by atoms with Crippen LogP contribution in [0.2, 0.25) is 0 Å². The Kier molecular flexibility index (Phi) is 6.32. The summed E-state index contributed by atoms with van der Waals surface area (Å²) in [5, 5.41) is 12.8. The monoisotopic (exact) mass is 305 g/mol. The Labute approximate surface area is 122 Å². The summed E-state index contributed by atoms with van der Waals surface area (Å²) in [4.78, 5) is 0. The van der Waals surface area contributed by atoms with Gasteiger partial charge >= 0.3 is 0 Å². The fraction of sp³-hybridized carbons (Fsp3) is 0.714. The molecule has 114 valence electrons. The van der Waals surface area contributed by atoms with E-state index in [1.54, 1.807) is 6.07 Å². The van der Waals surface area contributed by atoms with Crippen LogP contribution in [0.15, 0.2) is 16.5 Å². The lowest BCUT2D eigenvalue weighted by molar-refractivity contribution is 0.151. The number of rotatable bonds is 7. The SMILES string of the molecule is OCC1CCCCC1NCc1ccc(CSC(F)F)o1. The number of hydrogen-bond donors (Lipinski definition) is 2. The van der Waals surface area contributed by atoms with Crippen molar-refractivity contribution in [2.45, 2.75) is 49.8 Å². The third-order valence-corrected chi connectivity index (χ3v) is 4.45. The normalized spacial score (nSPS) is 23.4. The molecule has 1 aliphatic carbocycles. The van der Waals surface area contributed by atoms with Gasteiger partial charge in [-0.3, -0.25) is 0 Å². The van der Waals surface area contributed by atoms with Crippen molar-refractivity contribution in [3.8, 4) is 0 Å². The highest BCUT2D eigenvalue weighted by molar-refractivity contribution is 7.98. The Balaban J connectivity index is 1.78. The first kappa shape index (κ1) is 15.8. The summed E-state index contributed by atoms with van der Waals surface area (Å²) in [7, 11) is 0. The average molecular weight is 305 g/mol. The third kappa shape index (κ3) is 4.75. The molecule has 0 aromatic carbocycles. The molecule has 20 heavy (non-hydrogen) atoms. The van der Waals surface area contributed by atoms with Crippen LogP contribution >= 0.6 is 11.8 Å². The van der Waals surface area contributed by atoms with Crippen LogP contribution in [0.1, 0.15) is 37.2 Å². The van der Waals surface area contributed by atoms with Gasteiger partial charge in [-0.1, -0.05) is 24.6 Å². The number of halogens is 2. The van der Waals surface area contributed by atoms with Crippen molar-refractivity contribution in [1.29, 1.82) is 0 Å². The van der Waals surface area contributed by atoms with Crippen LogP contribution in [0.4, 0.5) is 8.78 Å². The maximum Gasteiger partial charge on any atom is 0.284 e. The molecule has 2 unspecified atom stereocenters. The fourth-order valence-electron chi connectivity index (χ4n) is 2.67. The maximum absolute atomic E-state index is 12.1. The molecule has 1 fully saturated rings. The molecule has 0 saturated heterocycles. The van der Waals surface area contributed by atoms with Gasteiger partial charge in [-0.25, -0.2) is 0 Å². The van der Waals surface area contributed by atoms with E-state index < -0.39 is 5.76 Å². The number of hydrogen-bond acceptors (Lipinski definition) is 4. The van der Waals surface area contributed by atoms with Gasteiger partial charge in [-0.15, -0.1) is 0 Å². The molecule has 3 nitrogen and oxygen atoms in total. The van der Waals surface area contributed by atoms with E-state index in [0.717, 1.165) is 18.6 Å². The number of nitrogens with one attached hydrogen (secondary N) is 1. The first-order chi connectivity index (χ1) is 9.69. The van der Waals surface area contributed by atoms with E-state index in [4.69, 9.17) is 4.42 Å². The van der Waals surface area contributed by atoms with Crippen molar-refractivity contribution in [3.63, 3.8) is 0 Å². The second kappa shape index (κ2) is 8.00. The fourth-order valence-corrected chi connectivity index (χ4v) is 3.11. The molecule has 1 aromatic rings. The predicted molar refractivity (Wildman–Crippen MR) is 75.7 cm³/mol. The van der Waals surface area contributed by atoms with Gasteiger partial charge in [0.2, 0.25) is 0 Å². The second-order valence-electron chi connectivity index (χ2n) is 5.15. The minimum Gasteiger partial charge on any atom is -0.464 e. The zero-order valence-corrected chi connectivity index (χ0v) is 12.2. The Morgan fingerprint density at radius 3 is 2.80 bits per heavy atom. The highest BCUT2D eigenvalue weighted by Crippen LogP contribution is 2.25. The van der Waals surface area contributed by atoms with Crippen LogP contribution in [-0.4, -0.2) is 23.5 Å². The number of thioether (sulfide) groups is 1. The van der Waals surface area contributed by atoms with Crippen LogP contribution in [0.25, 0.3) is 0 Å². The smallest absolute Gasteiger partial charge is 0.284 e. The lowest BCUT2D eigenvalue weighted by Crippen LogP contribution is -2.39. The number of aliphatic hydroxyl groups is 1. The molecule has 1 heterocycles. The van der Waals surface area contributed by atoms with Crippen molar-refractivity contribution >= 4 is 11.8 Å². The highest BCUT2D eigenvalue weighted by atomic mass is 32.2. The van der Waals surface area contributed by atoms with Crippen LogP contribution in [0.5, 0.6) is 0 Å². The summed E-state index contributed by atoms with van der Waals surface area (Å²) in [5.74, 6) is -0.520. The highest BCUT2D eigenvalue weighted by Gasteiger charge is 2.24. The van der Waals surface area contributed by atoms with E-state index in [-0.39, 0.29) is 12.4 Å². The molecular formula is C14H21F2NO2S.